The Hall–Kier alpha value is -3.47. The van der Waals surface area contributed by atoms with Gasteiger partial charge >= 0.3 is 12.0 Å². The van der Waals surface area contributed by atoms with Crippen LogP contribution in [0.3, 0.4) is 0 Å². The van der Waals surface area contributed by atoms with Gasteiger partial charge in [0.15, 0.2) is 11.2 Å². The first kappa shape index (κ1) is 19.8. The molecule has 0 saturated heterocycles. The lowest BCUT2D eigenvalue weighted by molar-refractivity contribution is 0.0836. The molecule has 0 aliphatic heterocycles. The molecule has 0 spiro atoms. The summed E-state index contributed by atoms with van der Waals surface area (Å²) in [7, 11) is 0. The van der Waals surface area contributed by atoms with Crippen LogP contribution in [-0.4, -0.2) is 52.5 Å². The third-order valence-electron chi connectivity index (χ3n) is 4.30. The van der Waals surface area contributed by atoms with Crippen LogP contribution in [0.5, 0.6) is 0 Å². The molecular formula is C20H20N4O6. The zero-order valence-electron chi connectivity index (χ0n) is 15.9. The lowest BCUT2D eigenvalue weighted by atomic mass is 10.1. The highest BCUT2D eigenvalue weighted by Gasteiger charge is 2.17. The molecule has 0 fully saturated rings. The van der Waals surface area contributed by atoms with E-state index in [1.807, 2.05) is 18.2 Å². The fourth-order valence-corrected chi connectivity index (χ4v) is 2.93. The van der Waals surface area contributed by atoms with Crippen molar-refractivity contribution in [3.05, 3.63) is 47.5 Å². The molecule has 0 bridgehead atoms. The second-order valence-corrected chi connectivity index (χ2v) is 6.36. The summed E-state index contributed by atoms with van der Waals surface area (Å²) < 4.78 is 16.4. The minimum Gasteiger partial charge on any atom is -0.423 e. The molecule has 10 nitrogen and oxygen atoms in total. The Bertz CT molecular complexity index is 1140. The number of nitrogens with one attached hydrogen (secondary N) is 2. The number of aromatic nitrogens is 2. The van der Waals surface area contributed by atoms with Crippen molar-refractivity contribution in [1.29, 1.82) is 0 Å². The van der Waals surface area contributed by atoms with Crippen LogP contribution in [0.1, 0.15) is 15.9 Å². The Kier molecular flexibility index (Phi) is 5.89. The smallest absolute Gasteiger partial charge is 0.303 e. The van der Waals surface area contributed by atoms with Crippen LogP contribution in [0.4, 0.5) is 12.0 Å². The highest BCUT2D eigenvalue weighted by molar-refractivity contribution is 5.99. The number of carbonyl (C=O) groups is 1. The molecule has 10 heteroatoms. The van der Waals surface area contributed by atoms with E-state index in [9.17, 15) is 9.90 Å². The molecule has 0 saturated carbocycles. The average Bonchev–Trinajstić information content (AvgIpc) is 3.34. The topological polar surface area (TPSA) is 143 Å². The van der Waals surface area contributed by atoms with E-state index in [0.29, 0.717) is 27.8 Å². The number of rotatable bonds is 9. The molecule has 30 heavy (non-hydrogen) atoms. The number of aliphatic hydroxyl groups excluding tert-OH is 2. The first-order valence-electron chi connectivity index (χ1n) is 9.31. The van der Waals surface area contributed by atoms with E-state index in [1.165, 1.54) is 0 Å². The van der Waals surface area contributed by atoms with Gasteiger partial charge in [-0.3, -0.25) is 10.1 Å². The highest BCUT2D eigenvalue weighted by atomic mass is 16.5. The van der Waals surface area contributed by atoms with Gasteiger partial charge in [-0.1, -0.05) is 12.1 Å². The van der Waals surface area contributed by atoms with Crippen LogP contribution in [0.25, 0.3) is 22.2 Å². The summed E-state index contributed by atoms with van der Waals surface area (Å²) in [5, 5.41) is 23.9. The minimum absolute atomic E-state index is 0.0780. The average molecular weight is 412 g/mol. The summed E-state index contributed by atoms with van der Waals surface area (Å²) >= 11 is 0. The van der Waals surface area contributed by atoms with Gasteiger partial charge < -0.3 is 29.1 Å². The van der Waals surface area contributed by atoms with Crippen molar-refractivity contribution in [3.63, 3.8) is 0 Å². The highest BCUT2D eigenvalue weighted by Crippen LogP contribution is 2.26. The number of anilines is 2. The molecule has 2 aromatic carbocycles. The molecule has 1 amide bonds. The van der Waals surface area contributed by atoms with E-state index in [4.69, 9.17) is 18.7 Å². The number of fused-ring (bicyclic) bond motifs is 2. The largest absolute Gasteiger partial charge is 0.423 e. The lowest BCUT2D eigenvalue weighted by Gasteiger charge is -2.08. The van der Waals surface area contributed by atoms with Crippen molar-refractivity contribution in [2.75, 3.05) is 31.7 Å². The maximum atomic E-state index is 12.5. The maximum Gasteiger partial charge on any atom is 0.303 e. The molecule has 2 heterocycles. The number of oxazole rings is 2. The summed E-state index contributed by atoms with van der Waals surface area (Å²) in [6.07, 6.45) is 0. The molecule has 156 valence electrons. The van der Waals surface area contributed by atoms with Crippen molar-refractivity contribution in [2.45, 2.75) is 6.61 Å². The molecule has 2 aromatic heterocycles. The number of nitrogens with zero attached hydrogens (tertiary/aromatic N) is 2. The Morgan fingerprint density at radius 1 is 1.00 bits per heavy atom. The Morgan fingerprint density at radius 3 is 2.53 bits per heavy atom. The number of carbonyl (C=O) groups excluding carboxylic acids is 1. The second-order valence-electron chi connectivity index (χ2n) is 6.36. The van der Waals surface area contributed by atoms with Crippen LogP contribution in [0.2, 0.25) is 0 Å². The molecule has 0 atom stereocenters. The van der Waals surface area contributed by atoms with Gasteiger partial charge in [0, 0.05) is 12.1 Å². The van der Waals surface area contributed by atoms with E-state index in [-0.39, 0.29) is 56.5 Å². The first-order valence-corrected chi connectivity index (χ1v) is 9.31. The standard InChI is InChI=1S/C20H20N4O6/c25-6-8-28-7-5-21-18(27)13-10-15-17(9-12(13)11-26)30-20(23-15)24-19-22-14-3-1-2-4-16(14)29-19/h1-4,9-10,25-26H,5-8,11H2,(H,21,27)(H,22,23,24). The van der Waals surface area contributed by atoms with Crippen molar-refractivity contribution >= 4 is 40.1 Å². The number of benzene rings is 2. The van der Waals surface area contributed by atoms with E-state index >= 15 is 0 Å². The number of amides is 1. The van der Waals surface area contributed by atoms with Gasteiger partial charge in [0.2, 0.25) is 0 Å². The van der Waals surface area contributed by atoms with Crippen molar-refractivity contribution in [3.8, 4) is 0 Å². The normalized spacial score (nSPS) is 11.3. The fourth-order valence-electron chi connectivity index (χ4n) is 2.93. The van der Waals surface area contributed by atoms with Crippen LogP contribution < -0.4 is 10.6 Å². The number of hydrogen-bond acceptors (Lipinski definition) is 9. The van der Waals surface area contributed by atoms with Gasteiger partial charge in [0.25, 0.3) is 5.91 Å². The summed E-state index contributed by atoms with van der Waals surface area (Å²) in [6.45, 7) is 0.328. The van der Waals surface area contributed by atoms with Crippen LogP contribution >= 0.6 is 0 Å². The van der Waals surface area contributed by atoms with Crippen molar-refractivity contribution < 1.29 is 28.6 Å². The molecule has 0 aliphatic carbocycles. The van der Waals surface area contributed by atoms with Gasteiger partial charge in [-0.15, -0.1) is 0 Å². The first-order chi connectivity index (χ1) is 14.7. The fraction of sp³-hybridized carbons (Fsp3) is 0.250. The third-order valence-corrected chi connectivity index (χ3v) is 4.30. The van der Waals surface area contributed by atoms with Gasteiger partial charge in [0.1, 0.15) is 11.0 Å². The maximum absolute atomic E-state index is 12.5. The molecular weight excluding hydrogens is 392 g/mol. The number of ether oxygens (including phenoxy) is 1. The Labute approximate surface area is 170 Å². The van der Waals surface area contributed by atoms with Crippen LogP contribution in [-0.2, 0) is 11.3 Å². The summed E-state index contributed by atoms with van der Waals surface area (Å²) in [5.41, 5.74) is 2.85. The molecule has 4 rings (SSSR count). The Balaban J connectivity index is 1.52. The van der Waals surface area contributed by atoms with Gasteiger partial charge in [-0.25, -0.2) is 0 Å². The zero-order valence-corrected chi connectivity index (χ0v) is 15.9. The Morgan fingerprint density at radius 2 is 1.77 bits per heavy atom. The zero-order chi connectivity index (χ0) is 20.9. The summed E-state index contributed by atoms with van der Waals surface area (Å²) in [5.74, 6) is -0.370. The van der Waals surface area contributed by atoms with Gasteiger partial charge in [-0.2, -0.15) is 9.97 Å². The molecule has 4 N–H and O–H groups in total. The van der Waals surface area contributed by atoms with E-state index in [2.05, 4.69) is 20.6 Å². The van der Waals surface area contributed by atoms with Crippen molar-refractivity contribution in [1.82, 2.24) is 15.3 Å². The molecule has 4 aromatic rings. The van der Waals surface area contributed by atoms with Crippen LogP contribution in [0.15, 0.2) is 45.2 Å². The lowest BCUT2D eigenvalue weighted by Crippen LogP contribution is -2.28. The van der Waals surface area contributed by atoms with Crippen molar-refractivity contribution in [2.24, 2.45) is 0 Å². The predicted molar refractivity (Wildman–Crippen MR) is 107 cm³/mol. The third kappa shape index (κ3) is 4.25. The van der Waals surface area contributed by atoms with Crippen LogP contribution in [0, 0.1) is 0 Å². The summed E-state index contributed by atoms with van der Waals surface area (Å²) in [4.78, 5) is 21.1. The number of para-hydroxylation sites is 2. The van der Waals surface area contributed by atoms with Gasteiger partial charge in [0.05, 0.1) is 26.4 Å². The second kappa shape index (κ2) is 8.91. The molecule has 0 radical (unpaired) electrons. The van der Waals surface area contributed by atoms with E-state index in [0.717, 1.165) is 0 Å². The SMILES string of the molecule is O=C(NCCOCCO)c1cc2nc(Nc3nc4ccccc4o3)oc2cc1CO. The van der Waals surface area contributed by atoms with Gasteiger partial charge in [-0.05, 0) is 29.8 Å². The van der Waals surface area contributed by atoms with E-state index in [1.54, 1.807) is 18.2 Å². The summed E-state index contributed by atoms with van der Waals surface area (Å²) in [6, 6.07) is 10.8. The predicted octanol–water partition coefficient (Wildman–Crippen LogP) is 1.94. The monoisotopic (exact) mass is 412 g/mol. The minimum atomic E-state index is -0.370. The number of hydrogen-bond donors (Lipinski definition) is 4. The van der Waals surface area contributed by atoms with E-state index < -0.39 is 0 Å². The molecule has 0 unspecified atom stereocenters. The number of aliphatic hydroxyl groups is 2. The quantitative estimate of drug-likeness (QED) is 0.303. The molecule has 0 aliphatic rings.